The van der Waals surface area contributed by atoms with Crippen molar-refractivity contribution in [1.29, 1.82) is 0 Å². The minimum absolute atomic E-state index is 0.140. The molecule has 6 nitrogen and oxygen atoms in total. The average Bonchev–Trinajstić information content (AvgIpc) is 2.67. The molecule has 1 aliphatic rings. The molecule has 1 aliphatic carbocycles. The number of anilines is 1. The van der Waals surface area contributed by atoms with Crippen LogP contribution in [0.25, 0.3) is 0 Å². The number of aliphatic carboxylic acids is 1. The number of carboxylic acids is 1. The maximum atomic E-state index is 11.3. The maximum absolute atomic E-state index is 11.3. The summed E-state index contributed by atoms with van der Waals surface area (Å²) in [6, 6.07) is -0.140. The second-order valence-electron chi connectivity index (χ2n) is 5.12. The van der Waals surface area contributed by atoms with E-state index in [0.717, 1.165) is 24.2 Å². The van der Waals surface area contributed by atoms with E-state index in [4.69, 9.17) is 0 Å². The van der Waals surface area contributed by atoms with Crippen LogP contribution in [0.3, 0.4) is 0 Å². The van der Waals surface area contributed by atoms with Crippen molar-refractivity contribution >= 4 is 11.9 Å². The van der Waals surface area contributed by atoms with Gasteiger partial charge in [-0.05, 0) is 33.6 Å². The zero-order chi connectivity index (χ0) is 13.3. The monoisotopic (exact) mass is 250 g/mol. The lowest BCUT2D eigenvalue weighted by atomic mass is 9.85. The molecule has 1 saturated carbocycles. The SMILES string of the molecule is Cc1nnc(NC2CCCC2(C)C(=O)O)nc1C. The number of aryl methyl sites for hydroxylation is 2. The lowest BCUT2D eigenvalue weighted by Crippen LogP contribution is -2.40. The Labute approximate surface area is 106 Å². The molecule has 1 heterocycles. The van der Waals surface area contributed by atoms with E-state index in [1.807, 2.05) is 13.8 Å². The van der Waals surface area contributed by atoms with Crippen LogP contribution < -0.4 is 5.32 Å². The fraction of sp³-hybridized carbons (Fsp3) is 0.667. The van der Waals surface area contributed by atoms with E-state index in [9.17, 15) is 9.90 Å². The number of aromatic nitrogens is 3. The molecular formula is C12H18N4O2. The van der Waals surface area contributed by atoms with Gasteiger partial charge in [0.25, 0.3) is 0 Å². The van der Waals surface area contributed by atoms with Crippen LogP contribution in [-0.2, 0) is 4.79 Å². The molecule has 98 valence electrons. The van der Waals surface area contributed by atoms with Crippen LogP contribution in [0, 0.1) is 19.3 Å². The van der Waals surface area contributed by atoms with Crippen LogP contribution in [0.5, 0.6) is 0 Å². The van der Waals surface area contributed by atoms with E-state index in [1.54, 1.807) is 6.92 Å². The minimum Gasteiger partial charge on any atom is -0.481 e. The third-order valence-corrected chi connectivity index (χ3v) is 3.84. The number of hydrogen-bond donors (Lipinski definition) is 2. The molecule has 6 heteroatoms. The van der Waals surface area contributed by atoms with Gasteiger partial charge in [-0.15, -0.1) is 5.10 Å². The van der Waals surface area contributed by atoms with Crippen LogP contribution in [0.4, 0.5) is 5.95 Å². The highest BCUT2D eigenvalue weighted by molar-refractivity contribution is 5.76. The van der Waals surface area contributed by atoms with Crippen molar-refractivity contribution in [2.24, 2.45) is 5.41 Å². The van der Waals surface area contributed by atoms with Crippen molar-refractivity contribution in [2.75, 3.05) is 5.32 Å². The maximum Gasteiger partial charge on any atom is 0.311 e. The standard InChI is InChI=1S/C12H18N4O2/c1-7-8(2)15-16-11(13-7)14-9-5-4-6-12(9,3)10(17)18/h9H,4-6H2,1-3H3,(H,17,18)(H,13,14,16). The Balaban J connectivity index is 2.18. The van der Waals surface area contributed by atoms with Gasteiger partial charge in [0.15, 0.2) is 0 Å². The molecule has 0 saturated heterocycles. The van der Waals surface area contributed by atoms with Crippen LogP contribution in [0.1, 0.15) is 37.6 Å². The van der Waals surface area contributed by atoms with Gasteiger partial charge in [-0.3, -0.25) is 4.79 Å². The smallest absolute Gasteiger partial charge is 0.311 e. The van der Waals surface area contributed by atoms with E-state index in [1.165, 1.54) is 0 Å². The van der Waals surface area contributed by atoms with E-state index in [-0.39, 0.29) is 6.04 Å². The number of carbonyl (C=O) groups is 1. The molecule has 0 bridgehead atoms. The number of nitrogens with zero attached hydrogens (tertiary/aromatic N) is 3. The molecule has 2 unspecified atom stereocenters. The summed E-state index contributed by atoms with van der Waals surface area (Å²) in [6.45, 7) is 5.48. The summed E-state index contributed by atoms with van der Waals surface area (Å²) >= 11 is 0. The van der Waals surface area contributed by atoms with Crippen LogP contribution in [0.2, 0.25) is 0 Å². The highest BCUT2D eigenvalue weighted by Crippen LogP contribution is 2.39. The topological polar surface area (TPSA) is 88.0 Å². The zero-order valence-electron chi connectivity index (χ0n) is 10.9. The van der Waals surface area contributed by atoms with Crippen molar-refractivity contribution in [3.05, 3.63) is 11.4 Å². The summed E-state index contributed by atoms with van der Waals surface area (Å²) in [5, 5.41) is 20.4. The van der Waals surface area contributed by atoms with Gasteiger partial charge in [0.1, 0.15) is 0 Å². The second kappa shape index (κ2) is 4.51. The Morgan fingerprint density at radius 1 is 1.39 bits per heavy atom. The number of hydrogen-bond acceptors (Lipinski definition) is 5. The molecule has 2 N–H and O–H groups in total. The highest BCUT2D eigenvalue weighted by atomic mass is 16.4. The summed E-state index contributed by atoms with van der Waals surface area (Å²) < 4.78 is 0. The first-order chi connectivity index (χ1) is 8.43. The van der Waals surface area contributed by atoms with Crippen molar-refractivity contribution in [1.82, 2.24) is 15.2 Å². The Morgan fingerprint density at radius 3 is 2.72 bits per heavy atom. The van der Waals surface area contributed by atoms with Gasteiger partial charge in [-0.25, -0.2) is 4.98 Å². The number of carboxylic acid groups (broad SMARTS) is 1. The molecule has 2 atom stereocenters. The van der Waals surface area contributed by atoms with Crippen molar-refractivity contribution < 1.29 is 9.90 Å². The lowest BCUT2D eigenvalue weighted by Gasteiger charge is -2.27. The molecule has 1 fully saturated rings. The quantitative estimate of drug-likeness (QED) is 0.846. The lowest BCUT2D eigenvalue weighted by molar-refractivity contribution is -0.147. The van der Waals surface area contributed by atoms with Gasteiger partial charge in [0, 0.05) is 6.04 Å². The van der Waals surface area contributed by atoms with Gasteiger partial charge in [0.2, 0.25) is 5.95 Å². The third-order valence-electron chi connectivity index (χ3n) is 3.84. The number of rotatable bonds is 3. The van der Waals surface area contributed by atoms with Crippen molar-refractivity contribution in [3.8, 4) is 0 Å². The van der Waals surface area contributed by atoms with E-state index >= 15 is 0 Å². The summed E-state index contributed by atoms with van der Waals surface area (Å²) in [7, 11) is 0. The van der Waals surface area contributed by atoms with Crippen LogP contribution >= 0.6 is 0 Å². The summed E-state index contributed by atoms with van der Waals surface area (Å²) in [5.74, 6) is -0.355. The van der Waals surface area contributed by atoms with Crippen LogP contribution in [-0.4, -0.2) is 32.3 Å². The Kier molecular flexibility index (Phi) is 3.19. The van der Waals surface area contributed by atoms with Gasteiger partial charge >= 0.3 is 5.97 Å². The fourth-order valence-electron chi connectivity index (χ4n) is 2.33. The first kappa shape index (κ1) is 12.7. The number of nitrogens with one attached hydrogen (secondary N) is 1. The fourth-order valence-corrected chi connectivity index (χ4v) is 2.33. The first-order valence-electron chi connectivity index (χ1n) is 6.11. The minimum atomic E-state index is -0.769. The summed E-state index contributed by atoms with van der Waals surface area (Å²) in [6.07, 6.45) is 2.40. The molecule has 0 spiro atoms. The first-order valence-corrected chi connectivity index (χ1v) is 6.11. The molecule has 1 aromatic rings. The van der Waals surface area contributed by atoms with Gasteiger partial charge in [-0.1, -0.05) is 6.42 Å². The molecule has 2 rings (SSSR count). The Morgan fingerprint density at radius 2 is 2.11 bits per heavy atom. The zero-order valence-corrected chi connectivity index (χ0v) is 10.9. The molecule has 1 aromatic heterocycles. The molecule has 0 amide bonds. The van der Waals surface area contributed by atoms with Gasteiger partial charge < -0.3 is 10.4 Å². The predicted molar refractivity (Wildman–Crippen MR) is 66.3 cm³/mol. The largest absolute Gasteiger partial charge is 0.481 e. The second-order valence-corrected chi connectivity index (χ2v) is 5.12. The van der Waals surface area contributed by atoms with Gasteiger partial charge in [0.05, 0.1) is 16.8 Å². The third kappa shape index (κ3) is 2.14. The van der Waals surface area contributed by atoms with E-state index in [2.05, 4.69) is 20.5 Å². The molecule has 18 heavy (non-hydrogen) atoms. The average molecular weight is 250 g/mol. The molecule has 0 aromatic carbocycles. The van der Waals surface area contributed by atoms with E-state index < -0.39 is 11.4 Å². The van der Waals surface area contributed by atoms with Crippen molar-refractivity contribution in [3.63, 3.8) is 0 Å². The Hall–Kier alpha value is -1.72. The van der Waals surface area contributed by atoms with Gasteiger partial charge in [-0.2, -0.15) is 5.10 Å². The molecule has 0 aliphatic heterocycles. The molecular weight excluding hydrogens is 232 g/mol. The van der Waals surface area contributed by atoms with Crippen molar-refractivity contribution in [2.45, 2.75) is 46.1 Å². The van der Waals surface area contributed by atoms with E-state index in [0.29, 0.717) is 12.4 Å². The Bertz CT molecular complexity index is 477. The predicted octanol–water partition coefficient (Wildman–Crippen LogP) is 1.54. The summed E-state index contributed by atoms with van der Waals surface area (Å²) in [5.41, 5.74) is 0.845. The normalized spacial score (nSPS) is 27.2. The van der Waals surface area contributed by atoms with Crippen LogP contribution in [0.15, 0.2) is 0 Å². The highest BCUT2D eigenvalue weighted by Gasteiger charge is 2.45. The summed E-state index contributed by atoms with van der Waals surface area (Å²) in [4.78, 5) is 15.6. The molecule has 0 radical (unpaired) electrons.